The van der Waals surface area contributed by atoms with Gasteiger partial charge in [-0.15, -0.1) is 0 Å². The molecule has 2 aromatic carbocycles. The fraction of sp³-hybridized carbons (Fsp3) is 0.348. The summed E-state index contributed by atoms with van der Waals surface area (Å²) in [5, 5.41) is 2.56. The van der Waals surface area contributed by atoms with Crippen LogP contribution in [-0.2, 0) is 4.79 Å². The lowest BCUT2D eigenvalue weighted by Crippen LogP contribution is -2.32. The van der Waals surface area contributed by atoms with Crippen molar-refractivity contribution in [3.8, 4) is 0 Å². The van der Waals surface area contributed by atoms with Crippen LogP contribution in [0.3, 0.4) is 0 Å². The van der Waals surface area contributed by atoms with Crippen molar-refractivity contribution in [3.05, 3.63) is 70.6 Å². The van der Waals surface area contributed by atoms with Crippen LogP contribution in [-0.4, -0.2) is 17.2 Å². The molecule has 0 fully saturated rings. The molecule has 0 amide bonds. The Morgan fingerprint density at radius 3 is 2.56 bits per heavy atom. The van der Waals surface area contributed by atoms with Gasteiger partial charge in [0.1, 0.15) is 0 Å². The van der Waals surface area contributed by atoms with Gasteiger partial charge < -0.3 is 4.90 Å². The van der Waals surface area contributed by atoms with E-state index in [4.69, 9.17) is 0 Å². The molecule has 25 heavy (non-hydrogen) atoms. The van der Waals surface area contributed by atoms with Gasteiger partial charge in [-0.25, -0.2) is 0 Å². The Kier molecular flexibility index (Phi) is 3.99. The van der Waals surface area contributed by atoms with Gasteiger partial charge in [-0.3, -0.25) is 4.79 Å². The second-order valence-electron chi connectivity index (χ2n) is 7.18. The molecule has 2 nitrogen and oxygen atoms in total. The molecule has 128 valence electrons. The van der Waals surface area contributed by atoms with Crippen molar-refractivity contribution in [2.45, 2.75) is 46.0 Å². The molecule has 2 heteroatoms. The molecule has 0 bridgehead atoms. The van der Waals surface area contributed by atoms with Gasteiger partial charge >= 0.3 is 0 Å². The zero-order valence-corrected chi connectivity index (χ0v) is 15.3. The number of fused-ring (bicyclic) bond motifs is 1. The van der Waals surface area contributed by atoms with Crippen LogP contribution >= 0.6 is 0 Å². The highest BCUT2D eigenvalue weighted by atomic mass is 16.1. The van der Waals surface area contributed by atoms with Crippen molar-refractivity contribution < 1.29 is 4.79 Å². The van der Waals surface area contributed by atoms with Gasteiger partial charge in [-0.1, -0.05) is 42.5 Å². The molecule has 0 N–H and O–H groups in total. The van der Waals surface area contributed by atoms with E-state index < -0.39 is 0 Å². The van der Waals surface area contributed by atoms with Gasteiger partial charge in [0, 0.05) is 35.9 Å². The van der Waals surface area contributed by atoms with Gasteiger partial charge in [0.2, 0.25) is 0 Å². The standard InChI is InChI=1S/C23H25NO/c1-4-24-16(3)14-20(23-21(24)10-7-11-22(23)25)19-13-12-15(2)17-8-5-6-9-18(17)19/h5-6,8-9,12-14,20H,4,7,10-11H2,1-3H3. The Bertz CT molecular complexity index is 919. The average molecular weight is 331 g/mol. The number of carbonyl (C=O) groups excluding carboxylic acids is 1. The normalized spacial score (nSPS) is 20.8. The third-order valence-electron chi connectivity index (χ3n) is 5.73. The number of allylic oxidation sites excluding steroid dienone is 4. The van der Waals surface area contributed by atoms with Crippen molar-refractivity contribution in [2.24, 2.45) is 0 Å². The predicted molar refractivity (Wildman–Crippen MR) is 103 cm³/mol. The topological polar surface area (TPSA) is 20.3 Å². The smallest absolute Gasteiger partial charge is 0.161 e. The number of aryl methyl sites for hydroxylation is 1. The molecule has 1 atom stereocenters. The Labute approximate surface area is 149 Å². The maximum Gasteiger partial charge on any atom is 0.161 e. The number of carbonyl (C=O) groups is 1. The third-order valence-corrected chi connectivity index (χ3v) is 5.73. The fourth-order valence-electron chi connectivity index (χ4n) is 4.54. The summed E-state index contributed by atoms with van der Waals surface area (Å²) in [4.78, 5) is 15.2. The first kappa shape index (κ1) is 16.1. The highest BCUT2D eigenvalue weighted by molar-refractivity contribution is 6.00. The Hall–Kier alpha value is -2.35. The maximum absolute atomic E-state index is 12.9. The Morgan fingerprint density at radius 2 is 1.80 bits per heavy atom. The number of hydrogen-bond donors (Lipinski definition) is 0. The summed E-state index contributed by atoms with van der Waals surface area (Å²) < 4.78 is 0. The van der Waals surface area contributed by atoms with Crippen LogP contribution in [0.1, 0.15) is 50.2 Å². The van der Waals surface area contributed by atoms with Crippen LogP contribution in [0, 0.1) is 6.92 Å². The zero-order valence-electron chi connectivity index (χ0n) is 15.3. The predicted octanol–water partition coefficient (Wildman–Crippen LogP) is 5.48. The largest absolute Gasteiger partial charge is 0.349 e. The molecular formula is C23H25NO. The minimum absolute atomic E-state index is 0.0797. The van der Waals surface area contributed by atoms with Crippen LogP contribution in [0.4, 0.5) is 0 Å². The van der Waals surface area contributed by atoms with E-state index in [-0.39, 0.29) is 5.92 Å². The van der Waals surface area contributed by atoms with Crippen LogP contribution in [0.15, 0.2) is 59.4 Å². The summed E-state index contributed by atoms with van der Waals surface area (Å²) in [5.41, 5.74) is 6.11. The van der Waals surface area contributed by atoms with E-state index in [2.05, 4.69) is 68.1 Å². The molecule has 0 aromatic heterocycles. The van der Waals surface area contributed by atoms with E-state index >= 15 is 0 Å². The summed E-state index contributed by atoms with van der Waals surface area (Å²) in [6, 6.07) is 13.0. The lowest BCUT2D eigenvalue weighted by atomic mass is 9.77. The summed E-state index contributed by atoms with van der Waals surface area (Å²) in [7, 11) is 0. The fourth-order valence-corrected chi connectivity index (χ4v) is 4.54. The lowest BCUT2D eigenvalue weighted by molar-refractivity contribution is -0.116. The molecule has 0 saturated heterocycles. The van der Waals surface area contributed by atoms with Gasteiger partial charge in [0.25, 0.3) is 0 Å². The molecule has 1 aliphatic heterocycles. The molecule has 2 aromatic rings. The van der Waals surface area contributed by atoms with E-state index in [1.807, 2.05) is 0 Å². The number of benzene rings is 2. The van der Waals surface area contributed by atoms with Gasteiger partial charge in [0.05, 0.1) is 0 Å². The Morgan fingerprint density at radius 1 is 1.04 bits per heavy atom. The average Bonchev–Trinajstić information content (AvgIpc) is 2.62. The number of Topliss-reactive ketones (excluding diaryl/α,β-unsaturated/α-hetero) is 1. The van der Waals surface area contributed by atoms with E-state index in [1.54, 1.807) is 0 Å². The molecule has 1 aliphatic carbocycles. The van der Waals surface area contributed by atoms with Crippen LogP contribution in [0.2, 0.25) is 0 Å². The minimum Gasteiger partial charge on any atom is -0.349 e. The van der Waals surface area contributed by atoms with Crippen LogP contribution < -0.4 is 0 Å². The van der Waals surface area contributed by atoms with Crippen molar-refractivity contribution in [2.75, 3.05) is 6.54 Å². The van der Waals surface area contributed by atoms with Crippen molar-refractivity contribution in [1.82, 2.24) is 4.90 Å². The van der Waals surface area contributed by atoms with E-state index in [0.717, 1.165) is 25.0 Å². The highest BCUT2D eigenvalue weighted by Gasteiger charge is 2.34. The SMILES string of the molecule is CCN1C(C)=CC(c2ccc(C)c3ccccc23)C2=C1CCCC2=O. The number of rotatable bonds is 2. The number of hydrogen-bond acceptors (Lipinski definition) is 2. The van der Waals surface area contributed by atoms with E-state index in [9.17, 15) is 4.79 Å². The number of ketones is 1. The first-order valence-electron chi connectivity index (χ1n) is 9.32. The second kappa shape index (κ2) is 6.18. The van der Waals surface area contributed by atoms with Crippen molar-refractivity contribution in [1.29, 1.82) is 0 Å². The molecule has 0 radical (unpaired) electrons. The third kappa shape index (κ3) is 2.52. The maximum atomic E-state index is 12.9. The van der Waals surface area contributed by atoms with Gasteiger partial charge in [0.15, 0.2) is 5.78 Å². The molecule has 4 rings (SSSR count). The Balaban J connectivity index is 1.96. The number of nitrogens with zero attached hydrogens (tertiary/aromatic N) is 1. The van der Waals surface area contributed by atoms with Crippen LogP contribution in [0.5, 0.6) is 0 Å². The molecule has 2 aliphatic rings. The molecule has 1 unspecified atom stereocenters. The van der Waals surface area contributed by atoms with E-state index in [0.29, 0.717) is 12.2 Å². The molecule has 1 heterocycles. The first-order chi connectivity index (χ1) is 12.1. The zero-order chi connectivity index (χ0) is 17.6. The summed E-state index contributed by atoms with van der Waals surface area (Å²) in [6.07, 6.45) is 4.97. The summed E-state index contributed by atoms with van der Waals surface area (Å²) >= 11 is 0. The molecular weight excluding hydrogens is 306 g/mol. The van der Waals surface area contributed by atoms with Crippen LogP contribution in [0.25, 0.3) is 10.8 Å². The minimum atomic E-state index is 0.0797. The molecule has 0 spiro atoms. The lowest BCUT2D eigenvalue weighted by Gasteiger charge is -2.38. The molecule has 0 saturated carbocycles. The highest BCUT2D eigenvalue weighted by Crippen LogP contribution is 2.43. The van der Waals surface area contributed by atoms with Crippen molar-refractivity contribution in [3.63, 3.8) is 0 Å². The van der Waals surface area contributed by atoms with Crippen molar-refractivity contribution >= 4 is 16.6 Å². The monoisotopic (exact) mass is 331 g/mol. The second-order valence-corrected chi connectivity index (χ2v) is 7.18. The quantitative estimate of drug-likeness (QED) is 0.726. The first-order valence-corrected chi connectivity index (χ1v) is 9.32. The van der Waals surface area contributed by atoms with Gasteiger partial charge in [-0.2, -0.15) is 0 Å². The summed E-state index contributed by atoms with van der Waals surface area (Å²) in [5.74, 6) is 0.411. The van der Waals surface area contributed by atoms with Gasteiger partial charge in [-0.05, 0) is 55.5 Å². The van der Waals surface area contributed by atoms with E-state index in [1.165, 1.54) is 33.3 Å². The summed E-state index contributed by atoms with van der Waals surface area (Å²) in [6.45, 7) is 7.43.